The molecule has 0 saturated carbocycles. The lowest BCUT2D eigenvalue weighted by Crippen LogP contribution is -2.33. The summed E-state index contributed by atoms with van der Waals surface area (Å²) in [6, 6.07) is 0. The molecule has 7 heteroatoms. The number of rotatable bonds is 4. The molecule has 0 spiro atoms. The van der Waals surface area contributed by atoms with Crippen LogP contribution in [0.5, 0.6) is 0 Å². The number of aromatic nitrogens is 5. The third-order valence-electron chi connectivity index (χ3n) is 4.78. The molecule has 0 atom stereocenters. The van der Waals surface area contributed by atoms with Gasteiger partial charge in [-0.05, 0) is 32.4 Å². The number of hydrogen-bond donors (Lipinski definition) is 0. The SMILES string of the molecule is CCc1noc(CN2CCC(c3nnc4n3CCC4)CC2)n1. The van der Waals surface area contributed by atoms with Crippen molar-refractivity contribution < 1.29 is 4.52 Å². The zero-order chi connectivity index (χ0) is 14.9. The summed E-state index contributed by atoms with van der Waals surface area (Å²) in [5.74, 6) is 4.46. The molecular weight excluding hydrogens is 280 g/mol. The molecule has 1 fully saturated rings. The number of piperidine rings is 1. The molecule has 2 aliphatic heterocycles. The fourth-order valence-electron chi connectivity index (χ4n) is 3.51. The van der Waals surface area contributed by atoms with Crippen LogP contribution in [-0.4, -0.2) is 42.9 Å². The zero-order valence-electron chi connectivity index (χ0n) is 13.0. The van der Waals surface area contributed by atoms with Crippen molar-refractivity contribution in [1.29, 1.82) is 0 Å². The molecule has 0 N–H and O–H groups in total. The standard InChI is InChI=1S/C15H22N6O/c1-2-12-16-14(22-19-12)10-20-8-5-11(6-9-20)15-18-17-13-4-3-7-21(13)15/h11H,2-10H2,1H3. The number of fused-ring (bicyclic) bond motifs is 1. The highest BCUT2D eigenvalue weighted by Gasteiger charge is 2.28. The third kappa shape index (κ3) is 2.54. The van der Waals surface area contributed by atoms with Crippen LogP contribution in [-0.2, 0) is 25.9 Å². The predicted octanol–water partition coefficient (Wildman–Crippen LogP) is 1.55. The van der Waals surface area contributed by atoms with Gasteiger partial charge in [-0.25, -0.2) is 0 Å². The normalized spacial score (nSPS) is 19.7. The summed E-state index contributed by atoms with van der Waals surface area (Å²) >= 11 is 0. The van der Waals surface area contributed by atoms with Gasteiger partial charge >= 0.3 is 0 Å². The maximum Gasteiger partial charge on any atom is 0.240 e. The smallest absolute Gasteiger partial charge is 0.240 e. The van der Waals surface area contributed by atoms with Crippen molar-refractivity contribution in [3.63, 3.8) is 0 Å². The summed E-state index contributed by atoms with van der Waals surface area (Å²) < 4.78 is 7.63. The van der Waals surface area contributed by atoms with Crippen LogP contribution in [0.2, 0.25) is 0 Å². The van der Waals surface area contributed by atoms with Crippen molar-refractivity contribution in [1.82, 2.24) is 29.8 Å². The Balaban J connectivity index is 1.36. The molecule has 0 aromatic carbocycles. The van der Waals surface area contributed by atoms with E-state index in [1.165, 1.54) is 18.1 Å². The maximum absolute atomic E-state index is 5.29. The summed E-state index contributed by atoms with van der Waals surface area (Å²) in [6.45, 7) is 6.00. The maximum atomic E-state index is 5.29. The highest BCUT2D eigenvalue weighted by Crippen LogP contribution is 2.29. The van der Waals surface area contributed by atoms with Crippen LogP contribution in [0.3, 0.4) is 0 Å². The molecule has 4 heterocycles. The van der Waals surface area contributed by atoms with Gasteiger partial charge in [0.2, 0.25) is 5.89 Å². The van der Waals surface area contributed by atoms with Gasteiger partial charge in [0.1, 0.15) is 11.6 Å². The van der Waals surface area contributed by atoms with Crippen LogP contribution in [0.25, 0.3) is 0 Å². The van der Waals surface area contributed by atoms with E-state index in [1.807, 2.05) is 6.92 Å². The Morgan fingerprint density at radius 3 is 2.82 bits per heavy atom. The first kappa shape index (κ1) is 13.9. The van der Waals surface area contributed by atoms with E-state index in [1.54, 1.807) is 0 Å². The number of hydrogen-bond acceptors (Lipinski definition) is 6. The first-order valence-electron chi connectivity index (χ1n) is 8.29. The summed E-state index contributed by atoms with van der Waals surface area (Å²) in [4.78, 5) is 6.79. The van der Waals surface area contributed by atoms with Gasteiger partial charge in [-0.2, -0.15) is 4.98 Å². The highest BCUT2D eigenvalue weighted by atomic mass is 16.5. The zero-order valence-corrected chi connectivity index (χ0v) is 13.0. The molecule has 7 nitrogen and oxygen atoms in total. The summed E-state index contributed by atoms with van der Waals surface area (Å²) in [6.07, 6.45) is 5.39. The monoisotopic (exact) mass is 302 g/mol. The van der Waals surface area contributed by atoms with E-state index in [0.717, 1.165) is 63.6 Å². The molecule has 4 rings (SSSR count). The van der Waals surface area contributed by atoms with Gasteiger partial charge in [0.25, 0.3) is 0 Å². The van der Waals surface area contributed by atoms with Crippen molar-refractivity contribution in [2.45, 2.75) is 58.0 Å². The predicted molar refractivity (Wildman–Crippen MR) is 79.3 cm³/mol. The van der Waals surface area contributed by atoms with Crippen molar-refractivity contribution in [3.8, 4) is 0 Å². The Bertz CT molecular complexity index is 640. The highest BCUT2D eigenvalue weighted by molar-refractivity contribution is 5.07. The summed E-state index contributed by atoms with van der Waals surface area (Å²) in [7, 11) is 0. The second-order valence-electron chi connectivity index (χ2n) is 6.24. The molecule has 22 heavy (non-hydrogen) atoms. The van der Waals surface area contributed by atoms with Crippen LogP contribution in [0.4, 0.5) is 0 Å². The van der Waals surface area contributed by atoms with Crippen molar-refractivity contribution in [2.75, 3.05) is 13.1 Å². The fraction of sp³-hybridized carbons (Fsp3) is 0.733. The quantitative estimate of drug-likeness (QED) is 0.853. The fourth-order valence-corrected chi connectivity index (χ4v) is 3.51. The second-order valence-corrected chi connectivity index (χ2v) is 6.24. The van der Waals surface area contributed by atoms with Gasteiger partial charge in [0.05, 0.1) is 6.54 Å². The minimum Gasteiger partial charge on any atom is -0.338 e. The Hall–Kier alpha value is -1.76. The van der Waals surface area contributed by atoms with E-state index in [2.05, 4.69) is 29.8 Å². The topological polar surface area (TPSA) is 72.9 Å². The first-order chi connectivity index (χ1) is 10.8. The Kier molecular flexibility index (Phi) is 3.65. The Morgan fingerprint density at radius 2 is 2.05 bits per heavy atom. The summed E-state index contributed by atoms with van der Waals surface area (Å²) in [5, 5.41) is 12.7. The first-order valence-corrected chi connectivity index (χ1v) is 8.29. The molecule has 0 unspecified atom stereocenters. The minimum atomic E-state index is 0.546. The minimum absolute atomic E-state index is 0.546. The van der Waals surface area contributed by atoms with Gasteiger partial charge < -0.3 is 9.09 Å². The van der Waals surface area contributed by atoms with Gasteiger partial charge in [0, 0.05) is 25.3 Å². The number of aryl methyl sites for hydroxylation is 2. The third-order valence-corrected chi connectivity index (χ3v) is 4.78. The lowest BCUT2D eigenvalue weighted by Gasteiger charge is -2.30. The van der Waals surface area contributed by atoms with Crippen molar-refractivity contribution in [3.05, 3.63) is 23.4 Å². The van der Waals surface area contributed by atoms with E-state index in [4.69, 9.17) is 4.52 Å². The number of nitrogens with zero attached hydrogens (tertiary/aromatic N) is 6. The molecule has 118 valence electrons. The largest absolute Gasteiger partial charge is 0.338 e. The van der Waals surface area contributed by atoms with E-state index in [9.17, 15) is 0 Å². The molecular formula is C15H22N6O. The molecule has 2 aromatic heterocycles. The lowest BCUT2D eigenvalue weighted by molar-refractivity contribution is 0.177. The van der Waals surface area contributed by atoms with E-state index < -0.39 is 0 Å². The van der Waals surface area contributed by atoms with Crippen molar-refractivity contribution >= 4 is 0 Å². The van der Waals surface area contributed by atoms with Crippen LogP contribution >= 0.6 is 0 Å². The molecule has 0 aliphatic carbocycles. The molecule has 0 radical (unpaired) electrons. The van der Waals surface area contributed by atoms with E-state index in [0.29, 0.717) is 5.92 Å². The van der Waals surface area contributed by atoms with E-state index in [-0.39, 0.29) is 0 Å². The van der Waals surface area contributed by atoms with Gasteiger partial charge in [-0.3, -0.25) is 4.90 Å². The number of likely N-dealkylation sites (tertiary alicyclic amines) is 1. The average Bonchev–Trinajstić information content (AvgIpc) is 3.24. The van der Waals surface area contributed by atoms with E-state index >= 15 is 0 Å². The second kappa shape index (κ2) is 5.79. The van der Waals surface area contributed by atoms with Crippen LogP contribution in [0, 0.1) is 0 Å². The Morgan fingerprint density at radius 1 is 1.18 bits per heavy atom. The summed E-state index contributed by atoms with van der Waals surface area (Å²) in [5.41, 5.74) is 0. The molecule has 2 aromatic rings. The van der Waals surface area contributed by atoms with Gasteiger partial charge in [-0.15, -0.1) is 10.2 Å². The molecule has 2 aliphatic rings. The average molecular weight is 302 g/mol. The van der Waals surface area contributed by atoms with Gasteiger partial charge in [-0.1, -0.05) is 12.1 Å². The van der Waals surface area contributed by atoms with Crippen LogP contribution < -0.4 is 0 Å². The van der Waals surface area contributed by atoms with Gasteiger partial charge in [0.15, 0.2) is 5.82 Å². The Labute approximate surface area is 129 Å². The molecule has 0 amide bonds. The van der Waals surface area contributed by atoms with Crippen LogP contribution in [0.1, 0.15) is 55.5 Å². The molecule has 1 saturated heterocycles. The van der Waals surface area contributed by atoms with Crippen molar-refractivity contribution in [2.24, 2.45) is 0 Å². The molecule has 0 bridgehead atoms. The lowest BCUT2D eigenvalue weighted by atomic mass is 9.96. The van der Waals surface area contributed by atoms with Crippen LogP contribution in [0.15, 0.2) is 4.52 Å².